The van der Waals surface area contributed by atoms with Crippen LogP contribution in [0.5, 0.6) is 0 Å². The van der Waals surface area contributed by atoms with Crippen molar-refractivity contribution in [3.63, 3.8) is 0 Å². The van der Waals surface area contributed by atoms with Crippen LogP contribution in [0.15, 0.2) is 0 Å². The Bertz CT molecular complexity index is 297. The first-order chi connectivity index (χ1) is 6.11. The molecule has 0 saturated carbocycles. The van der Waals surface area contributed by atoms with Crippen molar-refractivity contribution >= 4 is 18.5 Å². The van der Waals surface area contributed by atoms with Crippen molar-refractivity contribution in [1.82, 2.24) is 25.5 Å². The Labute approximate surface area is 81.1 Å². The molecule has 1 rings (SSSR count). The maximum absolute atomic E-state index is 11.1. The number of thiol groups is 1. The molecular weight excluding hydrogens is 190 g/mol. The van der Waals surface area contributed by atoms with E-state index in [4.69, 9.17) is 0 Å². The van der Waals surface area contributed by atoms with E-state index in [0.29, 0.717) is 12.4 Å². The number of aromatic nitrogens is 4. The number of carbonyl (C=O) groups is 1. The molecule has 0 spiro atoms. The molecule has 1 heterocycles. The van der Waals surface area contributed by atoms with Crippen molar-refractivity contribution in [3.8, 4) is 0 Å². The molecule has 0 aliphatic rings. The van der Waals surface area contributed by atoms with E-state index >= 15 is 0 Å². The largest absolute Gasteiger partial charge is 0.348 e. The Morgan fingerprint density at radius 1 is 1.77 bits per heavy atom. The van der Waals surface area contributed by atoms with Crippen LogP contribution in [0.2, 0.25) is 0 Å². The molecule has 0 fully saturated rings. The predicted octanol–water partition coefficient (Wildman–Crippen LogP) is -0.855. The standard InChI is InChI=1S/C6H11N5OS/c1-4(13)6(12)7-3-5-8-9-10-11(5)2/h4,13H,3H2,1-2H3,(H,7,12). The van der Waals surface area contributed by atoms with Gasteiger partial charge in [-0.3, -0.25) is 4.79 Å². The van der Waals surface area contributed by atoms with Crippen LogP contribution in [0.3, 0.4) is 0 Å². The fourth-order valence-electron chi connectivity index (χ4n) is 0.712. The second-order valence-electron chi connectivity index (χ2n) is 2.61. The second-order valence-corrected chi connectivity index (χ2v) is 3.39. The molecule has 0 radical (unpaired) electrons. The number of aryl methyl sites for hydroxylation is 1. The van der Waals surface area contributed by atoms with Gasteiger partial charge in [-0.25, -0.2) is 4.68 Å². The molecule has 1 unspecified atom stereocenters. The first-order valence-electron chi connectivity index (χ1n) is 3.78. The lowest BCUT2D eigenvalue weighted by Gasteiger charge is -2.05. The van der Waals surface area contributed by atoms with E-state index in [1.165, 1.54) is 4.68 Å². The van der Waals surface area contributed by atoms with Crippen LogP contribution in [0, 0.1) is 0 Å². The van der Waals surface area contributed by atoms with Crippen LogP contribution in [0.25, 0.3) is 0 Å². The lowest BCUT2D eigenvalue weighted by atomic mass is 10.4. The van der Waals surface area contributed by atoms with Crippen LogP contribution < -0.4 is 5.32 Å². The van der Waals surface area contributed by atoms with Crippen LogP contribution in [0.4, 0.5) is 0 Å². The van der Waals surface area contributed by atoms with E-state index in [1.54, 1.807) is 14.0 Å². The normalized spacial score (nSPS) is 12.5. The molecule has 0 aliphatic heterocycles. The Morgan fingerprint density at radius 2 is 2.46 bits per heavy atom. The van der Waals surface area contributed by atoms with Crippen molar-refractivity contribution in [2.75, 3.05) is 0 Å². The van der Waals surface area contributed by atoms with Gasteiger partial charge in [0.15, 0.2) is 5.82 Å². The summed E-state index contributed by atoms with van der Waals surface area (Å²) >= 11 is 3.98. The molecule has 1 atom stereocenters. The molecular formula is C6H11N5OS. The highest BCUT2D eigenvalue weighted by molar-refractivity contribution is 7.81. The number of hydrogen-bond acceptors (Lipinski definition) is 5. The molecule has 1 N–H and O–H groups in total. The minimum atomic E-state index is -0.318. The first-order valence-corrected chi connectivity index (χ1v) is 4.30. The van der Waals surface area contributed by atoms with Gasteiger partial charge in [0.05, 0.1) is 11.8 Å². The lowest BCUT2D eigenvalue weighted by Crippen LogP contribution is -2.30. The molecule has 0 aromatic carbocycles. The molecule has 0 saturated heterocycles. The number of tetrazole rings is 1. The van der Waals surface area contributed by atoms with Crippen molar-refractivity contribution < 1.29 is 4.79 Å². The summed E-state index contributed by atoms with van der Waals surface area (Å²) in [6.07, 6.45) is 0. The highest BCUT2D eigenvalue weighted by Crippen LogP contribution is 1.93. The van der Waals surface area contributed by atoms with E-state index in [2.05, 4.69) is 33.5 Å². The third-order valence-corrected chi connectivity index (χ3v) is 1.74. The fourth-order valence-corrected chi connectivity index (χ4v) is 0.803. The Balaban J connectivity index is 2.44. The molecule has 1 aromatic rings. The number of hydrogen-bond donors (Lipinski definition) is 2. The van der Waals surface area contributed by atoms with Crippen LogP contribution in [0.1, 0.15) is 12.7 Å². The van der Waals surface area contributed by atoms with Gasteiger partial charge in [-0.1, -0.05) is 0 Å². The van der Waals surface area contributed by atoms with Crippen molar-refractivity contribution in [1.29, 1.82) is 0 Å². The molecule has 13 heavy (non-hydrogen) atoms. The third kappa shape index (κ3) is 2.69. The maximum atomic E-state index is 11.1. The van der Waals surface area contributed by atoms with Crippen molar-refractivity contribution in [2.45, 2.75) is 18.7 Å². The Morgan fingerprint density at radius 3 is 2.92 bits per heavy atom. The van der Waals surface area contributed by atoms with Gasteiger partial charge >= 0.3 is 0 Å². The smallest absolute Gasteiger partial charge is 0.232 e. The molecule has 72 valence electrons. The average molecular weight is 201 g/mol. The molecule has 0 aliphatic carbocycles. The SMILES string of the molecule is CC(S)C(=O)NCc1nnnn1C. The number of carbonyl (C=O) groups excluding carboxylic acids is 1. The summed E-state index contributed by atoms with van der Waals surface area (Å²) in [5.74, 6) is 0.480. The highest BCUT2D eigenvalue weighted by Gasteiger charge is 2.08. The average Bonchev–Trinajstić information content (AvgIpc) is 2.47. The maximum Gasteiger partial charge on any atom is 0.232 e. The van der Waals surface area contributed by atoms with Crippen LogP contribution in [-0.4, -0.2) is 31.4 Å². The minimum absolute atomic E-state index is 0.133. The summed E-state index contributed by atoms with van der Waals surface area (Å²) in [7, 11) is 1.71. The van der Waals surface area contributed by atoms with E-state index in [9.17, 15) is 4.79 Å². The monoisotopic (exact) mass is 201 g/mol. The molecule has 7 heteroatoms. The highest BCUT2D eigenvalue weighted by atomic mass is 32.1. The summed E-state index contributed by atoms with van der Waals surface area (Å²) in [4.78, 5) is 11.1. The van der Waals surface area contributed by atoms with Gasteiger partial charge in [0, 0.05) is 7.05 Å². The van der Waals surface area contributed by atoms with Gasteiger partial charge in [0.2, 0.25) is 5.91 Å². The topological polar surface area (TPSA) is 72.7 Å². The van der Waals surface area contributed by atoms with Crippen LogP contribution in [-0.2, 0) is 18.4 Å². The Hall–Kier alpha value is -1.11. The minimum Gasteiger partial charge on any atom is -0.348 e. The predicted molar refractivity (Wildman–Crippen MR) is 49.1 cm³/mol. The van der Waals surface area contributed by atoms with Gasteiger partial charge in [-0.05, 0) is 17.4 Å². The zero-order valence-corrected chi connectivity index (χ0v) is 8.32. The van der Waals surface area contributed by atoms with Crippen molar-refractivity contribution in [2.24, 2.45) is 7.05 Å². The van der Waals surface area contributed by atoms with Gasteiger partial charge < -0.3 is 5.32 Å². The second kappa shape index (κ2) is 4.22. The van der Waals surface area contributed by atoms with E-state index in [-0.39, 0.29) is 11.2 Å². The zero-order valence-electron chi connectivity index (χ0n) is 7.43. The molecule has 1 aromatic heterocycles. The van der Waals surface area contributed by atoms with E-state index in [1.807, 2.05) is 0 Å². The van der Waals surface area contributed by atoms with Gasteiger partial charge in [0.25, 0.3) is 0 Å². The Kier molecular flexibility index (Phi) is 3.24. The number of rotatable bonds is 3. The summed E-state index contributed by atoms with van der Waals surface area (Å²) in [5, 5.41) is 13.1. The lowest BCUT2D eigenvalue weighted by molar-refractivity contribution is -0.120. The van der Waals surface area contributed by atoms with E-state index in [0.717, 1.165) is 0 Å². The van der Waals surface area contributed by atoms with E-state index < -0.39 is 0 Å². The molecule has 0 bridgehead atoms. The van der Waals surface area contributed by atoms with Crippen molar-refractivity contribution in [3.05, 3.63) is 5.82 Å². The van der Waals surface area contributed by atoms with Gasteiger partial charge in [-0.2, -0.15) is 12.6 Å². The summed E-state index contributed by atoms with van der Waals surface area (Å²) in [6.45, 7) is 2.03. The fraction of sp³-hybridized carbons (Fsp3) is 0.667. The number of nitrogens with zero attached hydrogens (tertiary/aromatic N) is 4. The molecule has 1 amide bonds. The van der Waals surface area contributed by atoms with Crippen LogP contribution >= 0.6 is 12.6 Å². The van der Waals surface area contributed by atoms with Gasteiger partial charge in [0.1, 0.15) is 0 Å². The molecule has 6 nitrogen and oxygen atoms in total. The summed E-state index contributed by atoms with van der Waals surface area (Å²) in [6, 6.07) is 0. The third-order valence-electron chi connectivity index (χ3n) is 1.51. The summed E-state index contributed by atoms with van der Waals surface area (Å²) < 4.78 is 1.50. The summed E-state index contributed by atoms with van der Waals surface area (Å²) in [5.41, 5.74) is 0. The first kappa shape index (κ1) is 9.97. The zero-order chi connectivity index (χ0) is 9.84. The number of nitrogens with one attached hydrogen (secondary N) is 1. The van der Waals surface area contributed by atoms with Gasteiger partial charge in [-0.15, -0.1) is 5.10 Å². The quantitative estimate of drug-likeness (QED) is 0.624. The number of amides is 1.